The molecule has 1 heterocycles. The van der Waals surface area contributed by atoms with Gasteiger partial charge in [0.25, 0.3) is 5.92 Å². The summed E-state index contributed by atoms with van der Waals surface area (Å²) in [5.41, 5.74) is 0.314. The number of hydrogen-bond donors (Lipinski definition) is 0. The molecule has 1 rings (SSSR count). The summed E-state index contributed by atoms with van der Waals surface area (Å²) in [6.07, 6.45) is 0.585. The summed E-state index contributed by atoms with van der Waals surface area (Å²) >= 11 is 0. The van der Waals surface area contributed by atoms with E-state index in [0.717, 1.165) is 6.92 Å². The minimum absolute atomic E-state index is 0.306. The van der Waals surface area contributed by atoms with Crippen LogP contribution < -0.4 is 4.74 Å². The first-order valence-electron chi connectivity index (χ1n) is 4.28. The van der Waals surface area contributed by atoms with E-state index in [1.165, 1.54) is 13.2 Å². The number of nitrogens with zero attached hydrogens (tertiary/aromatic N) is 2. The van der Waals surface area contributed by atoms with Crippen LogP contribution in [0.3, 0.4) is 0 Å². The predicted molar refractivity (Wildman–Crippen MR) is 47.5 cm³/mol. The summed E-state index contributed by atoms with van der Waals surface area (Å²) < 4.78 is 30.6. The van der Waals surface area contributed by atoms with E-state index in [9.17, 15) is 8.78 Å². The van der Waals surface area contributed by atoms with E-state index in [-0.39, 0.29) is 5.69 Å². The lowest BCUT2D eigenvalue weighted by atomic mass is 10.1. The molecular formula is C9H12F2N2O. The number of hydrogen-bond acceptors (Lipinski definition) is 3. The molecule has 3 nitrogen and oxygen atoms in total. The Morgan fingerprint density at radius 3 is 2.50 bits per heavy atom. The SMILES string of the molecule is CCc1cc(C(C)(F)F)nnc1OC. The van der Waals surface area contributed by atoms with Crippen molar-refractivity contribution in [2.45, 2.75) is 26.2 Å². The molecule has 14 heavy (non-hydrogen) atoms. The Morgan fingerprint density at radius 1 is 1.43 bits per heavy atom. The van der Waals surface area contributed by atoms with E-state index in [1.807, 2.05) is 6.92 Å². The average Bonchev–Trinajstić information content (AvgIpc) is 2.15. The molecule has 5 heteroatoms. The molecule has 1 aromatic rings. The standard InChI is InChI=1S/C9H12F2N2O/c1-4-6-5-7(9(2,10)11)12-13-8(6)14-3/h5H,4H2,1-3H3. The lowest BCUT2D eigenvalue weighted by Crippen LogP contribution is -2.12. The van der Waals surface area contributed by atoms with Gasteiger partial charge in [0.1, 0.15) is 5.69 Å². The zero-order valence-corrected chi connectivity index (χ0v) is 8.34. The molecule has 0 aliphatic carbocycles. The Balaban J connectivity index is 3.14. The minimum Gasteiger partial charge on any atom is -0.480 e. The van der Waals surface area contributed by atoms with Crippen LogP contribution in [-0.2, 0) is 12.3 Å². The predicted octanol–water partition coefficient (Wildman–Crippen LogP) is 2.16. The molecule has 0 amide bonds. The van der Waals surface area contributed by atoms with Gasteiger partial charge in [-0.1, -0.05) is 6.92 Å². The second-order valence-electron chi connectivity index (χ2n) is 3.01. The van der Waals surface area contributed by atoms with Crippen LogP contribution in [0.2, 0.25) is 0 Å². The highest BCUT2D eigenvalue weighted by molar-refractivity contribution is 5.27. The highest BCUT2D eigenvalue weighted by Gasteiger charge is 2.27. The largest absolute Gasteiger partial charge is 0.480 e. The molecule has 0 fully saturated rings. The molecular weight excluding hydrogens is 190 g/mol. The summed E-state index contributed by atoms with van der Waals surface area (Å²) in [7, 11) is 1.44. The van der Waals surface area contributed by atoms with Gasteiger partial charge in [0.15, 0.2) is 0 Å². The lowest BCUT2D eigenvalue weighted by molar-refractivity contribution is 0.0115. The van der Waals surface area contributed by atoms with Crippen molar-refractivity contribution in [3.8, 4) is 5.88 Å². The van der Waals surface area contributed by atoms with Crippen LogP contribution in [0, 0.1) is 0 Å². The molecule has 0 aliphatic rings. The first-order valence-corrected chi connectivity index (χ1v) is 4.28. The smallest absolute Gasteiger partial charge is 0.288 e. The van der Waals surface area contributed by atoms with Gasteiger partial charge in [-0.2, -0.15) is 8.78 Å². The van der Waals surface area contributed by atoms with Crippen LogP contribution in [0.1, 0.15) is 25.1 Å². The average molecular weight is 202 g/mol. The lowest BCUT2D eigenvalue weighted by Gasteiger charge is -2.11. The molecule has 0 bridgehead atoms. The number of rotatable bonds is 3. The molecule has 1 aromatic heterocycles. The fourth-order valence-corrected chi connectivity index (χ4v) is 1.06. The third-order valence-electron chi connectivity index (χ3n) is 1.86. The number of aromatic nitrogens is 2. The highest BCUT2D eigenvalue weighted by Crippen LogP contribution is 2.27. The van der Waals surface area contributed by atoms with Gasteiger partial charge >= 0.3 is 0 Å². The quantitative estimate of drug-likeness (QED) is 0.753. The summed E-state index contributed by atoms with van der Waals surface area (Å²) in [6, 6.07) is 1.33. The number of alkyl halides is 2. The van der Waals surface area contributed by atoms with E-state index in [0.29, 0.717) is 17.9 Å². The van der Waals surface area contributed by atoms with Crippen LogP contribution in [0.5, 0.6) is 5.88 Å². The Morgan fingerprint density at radius 2 is 2.07 bits per heavy atom. The molecule has 0 aliphatic heterocycles. The van der Waals surface area contributed by atoms with Crippen LogP contribution >= 0.6 is 0 Å². The first kappa shape index (κ1) is 10.8. The Bertz CT molecular complexity index is 323. The number of methoxy groups -OCH3 is 1. The number of ether oxygens (including phenoxy) is 1. The monoisotopic (exact) mass is 202 g/mol. The molecule has 0 radical (unpaired) electrons. The second-order valence-corrected chi connectivity index (χ2v) is 3.01. The molecule has 0 saturated heterocycles. The summed E-state index contributed by atoms with van der Waals surface area (Å²) in [6.45, 7) is 2.64. The highest BCUT2D eigenvalue weighted by atomic mass is 19.3. The molecule has 0 atom stereocenters. The van der Waals surface area contributed by atoms with E-state index < -0.39 is 5.92 Å². The van der Waals surface area contributed by atoms with Gasteiger partial charge in [-0.3, -0.25) is 0 Å². The van der Waals surface area contributed by atoms with E-state index in [1.54, 1.807) is 0 Å². The maximum Gasteiger partial charge on any atom is 0.288 e. The van der Waals surface area contributed by atoms with Crippen molar-refractivity contribution >= 4 is 0 Å². The summed E-state index contributed by atoms with van der Waals surface area (Å²) in [5, 5.41) is 6.99. The molecule has 0 unspecified atom stereocenters. The summed E-state index contributed by atoms with van der Waals surface area (Å²) in [5.74, 6) is -2.65. The normalized spacial score (nSPS) is 11.5. The Labute approximate surface area is 81.1 Å². The zero-order chi connectivity index (χ0) is 10.8. The topological polar surface area (TPSA) is 35.0 Å². The van der Waals surface area contributed by atoms with Crippen LogP contribution in [0.25, 0.3) is 0 Å². The van der Waals surface area contributed by atoms with Gasteiger partial charge in [0, 0.05) is 12.5 Å². The van der Waals surface area contributed by atoms with Crippen molar-refractivity contribution < 1.29 is 13.5 Å². The number of halogens is 2. The third kappa shape index (κ3) is 2.16. The first-order chi connectivity index (χ1) is 6.49. The third-order valence-corrected chi connectivity index (χ3v) is 1.86. The maximum atomic E-state index is 12.9. The Kier molecular flexibility index (Phi) is 2.98. The van der Waals surface area contributed by atoms with Gasteiger partial charge in [-0.05, 0) is 12.5 Å². The second kappa shape index (κ2) is 3.86. The molecule has 0 saturated carbocycles. The van der Waals surface area contributed by atoms with E-state index in [2.05, 4.69) is 10.2 Å². The van der Waals surface area contributed by atoms with Crippen LogP contribution in [0.15, 0.2) is 6.07 Å². The van der Waals surface area contributed by atoms with E-state index >= 15 is 0 Å². The molecule has 0 N–H and O–H groups in total. The Hall–Kier alpha value is -1.26. The zero-order valence-electron chi connectivity index (χ0n) is 8.34. The van der Waals surface area contributed by atoms with E-state index in [4.69, 9.17) is 4.74 Å². The summed E-state index contributed by atoms with van der Waals surface area (Å²) in [4.78, 5) is 0. The molecule has 0 aromatic carbocycles. The minimum atomic E-state index is -2.96. The van der Waals surface area contributed by atoms with Gasteiger partial charge in [0.05, 0.1) is 7.11 Å². The maximum absolute atomic E-state index is 12.9. The number of aryl methyl sites for hydroxylation is 1. The van der Waals surface area contributed by atoms with Crippen molar-refractivity contribution in [3.05, 3.63) is 17.3 Å². The fourth-order valence-electron chi connectivity index (χ4n) is 1.06. The van der Waals surface area contributed by atoms with Gasteiger partial charge < -0.3 is 4.74 Å². The van der Waals surface area contributed by atoms with Gasteiger partial charge in [0.2, 0.25) is 5.88 Å². The van der Waals surface area contributed by atoms with Crippen LogP contribution in [0.4, 0.5) is 8.78 Å². The van der Waals surface area contributed by atoms with Gasteiger partial charge in [-0.15, -0.1) is 10.2 Å². The fraction of sp³-hybridized carbons (Fsp3) is 0.556. The van der Waals surface area contributed by atoms with Gasteiger partial charge in [-0.25, -0.2) is 0 Å². The van der Waals surface area contributed by atoms with Crippen molar-refractivity contribution in [2.75, 3.05) is 7.11 Å². The van der Waals surface area contributed by atoms with Crippen molar-refractivity contribution in [1.82, 2.24) is 10.2 Å². The van der Waals surface area contributed by atoms with Crippen molar-refractivity contribution in [1.29, 1.82) is 0 Å². The van der Waals surface area contributed by atoms with Crippen molar-refractivity contribution in [2.24, 2.45) is 0 Å². The van der Waals surface area contributed by atoms with Crippen LogP contribution in [-0.4, -0.2) is 17.3 Å². The molecule has 78 valence electrons. The van der Waals surface area contributed by atoms with Crippen molar-refractivity contribution in [3.63, 3.8) is 0 Å². The molecule has 0 spiro atoms.